The first-order valence-electron chi connectivity index (χ1n) is 7.47. The number of aryl methyl sites for hydroxylation is 1. The Balaban J connectivity index is 1.93. The van der Waals surface area contributed by atoms with Crippen LogP contribution in [0, 0.1) is 0 Å². The van der Waals surface area contributed by atoms with Crippen molar-refractivity contribution in [1.82, 2.24) is 15.3 Å². The molecule has 0 radical (unpaired) electrons. The first-order chi connectivity index (χ1) is 9.72. The molecule has 1 heterocycles. The molecule has 0 aliphatic heterocycles. The van der Waals surface area contributed by atoms with Gasteiger partial charge >= 0.3 is 0 Å². The van der Waals surface area contributed by atoms with Gasteiger partial charge in [0.15, 0.2) is 0 Å². The molecule has 4 heteroatoms. The molecule has 0 spiro atoms. The highest BCUT2D eigenvalue weighted by Crippen LogP contribution is 2.14. The average Bonchev–Trinajstić information content (AvgIpc) is 2.86. The van der Waals surface area contributed by atoms with Gasteiger partial charge in [0.1, 0.15) is 5.82 Å². The van der Waals surface area contributed by atoms with Gasteiger partial charge in [-0.25, -0.2) is 4.98 Å². The molecule has 2 aromatic rings. The monoisotopic (exact) mass is 273 g/mol. The Kier molecular flexibility index (Phi) is 5.16. The summed E-state index contributed by atoms with van der Waals surface area (Å²) < 4.78 is 0. The minimum absolute atomic E-state index is 0.0932. The van der Waals surface area contributed by atoms with Crippen LogP contribution in [0.1, 0.15) is 44.5 Å². The van der Waals surface area contributed by atoms with Crippen molar-refractivity contribution in [1.29, 1.82) is 0 Å². The number of benzene rings is 1. The van der Waals surface area contributed by atoms with Gasteiger partial charge in [0, 0.05) is 13.0 Å². The highest BCUT2D eigenvalue weighted by Gasteiger charge is 2.06. The van der Waals surface area contributed by atoms with Gasteiger partial charge in [-0.05, 0) is 24.1 Å². The maximum absolute atomic E-state index is 11.8. The Hall–Kier alpha value is -1.84. The van der Waals surface area contributed by atoms with E-state index in [1.54, 1.807) is 0 Å². The van der Waals surface area contributed by atoms with Crippen LogP contribution in [0.15, 0.2) is 18.2 Å². The van der Waals surface area contributed by atoms with Gasteiger partial charge in [-0.2, -0.15) is 0 Å². The Morgan fingerprint density at radius 3 is 2.90 bits per heavy atom. The van der Waals surface area contributed by atoms with E-state index >= 15 is 0 Å². The van der Waals surface area contributed by atoms with Gasteiger partial charge in [0.2, 0.25) is 5.91 Å². The summed E-state index contributed by atoms with van der Waals surface area (Å²) in [5.41, 5.74) is 3.00. The molecular weight excluding hydrogens is 250 g/mol. The molecule has 20 heavy (non-hydrogen) atoms. The second-order valence-electron chi connectivity index (χ2n) is 5.12. The van der Waals surface area contributed by atoms with Crippen molar-refractivity contribution < 1.29 is 4.79 Å². The summed E-state index contributed by atoms with van der Waals surface area (Å²) in [5.74, 6) is 1.08. The van der Waals surface area contributed by atoms with E-state index in [4.69, 9.17) is 0 Å². The van der Waals surface area contributed by atoms with Crippen LogP contribution in [0.5, 0.6) is 0 Å². The van der Waals surface area contributed by atoms with E-state index in [0.717, 1.165) is 41.8 Å². The van der Waals surface area contributed by atoms with Crippen molar-refractivity contribution in [3.05, 3.63) is 29.6 Å². The summed E-state index contributed by atoms with van der Waals surface area (Å²) in [6.07, 6.45) is 4.72. The molecule has 0 fully saturated rings. The number of rotatable bonds is 7. The number of carbonyl (C=O) groups excluding carboxylic acids is 1. The summed E-state index contributed by atoms with van der Waals surface area (Å²) in [4.78, 5) is 19.6. The standard InChI is InChI=1S/C16H23N3O/c1-3-5-6-9-17-16(20)11-12-7-8-13-14(10-12)19-15(4-2)18-13/h7-8,10H,3-6,9,11H2,1-2H3,(H,17,20)(H,18,19). The van der Waals surface area contributed by atoms with Gasteiger partial charge in [-0.1, -0.05) is 32.8 Å². The Labute approximate surface area is 120 Å². The van der Waals surface area contributed by atoms with Crippen LogP contribution in [0.25, 0.3) is 11.0 Å². The van der Waals surface area contributed by atoms with E-state index in [1.807, 2.05) is 18.2 Å². The lowest BCUT2D eigenvalue weighted by Gasteiger charge is -2.04. The predicted molar refractivity (Wildman–Crippen MR) is 81.7 cm³/mol. The molecule has 0 saturated heterocycles. The molecule has 108 valence electrons. The number of unbranched alkanes of at least 4 members (excludes halogenated alkanes) is 2. The summed E-state index contributed by atoms with van der Waals surface area (Å²) in [7, 11) is 0. The third-order valence-corrected chi connectivity index (χ3v) is 3.40. The second-order valence-corrected chi connectivity index (χ2v) is 5.12. The van der Waals surface area contributed by atoms with E-state index in [1.165, 1.54) is 12.8 Å². The second kappa shape index (κ2) is 7.08. The summed E-state index contributed by atoms with van der Waals surface area (Å²) in [6.45, 7) is 5.01. The van der Waals surface area contributed by atoms with Crippen LogP contribution in [0.2, 0.25) is 0 Å². The molecule has 1 aromatic carbocycles. The summed E-state index contributed by atoms with van der Waals surface area (Å²) in [5, 5.41) is 2.97. The summed E-state index contributed by atoms with van der Waals surface area (Å²) >= 11 is 0. The van der Waals surface area contributed by atoms with Crippen molar-refractivity contribution >= 4 is 16.9 Å². The van der Waals surface area contributed by atoms with E-state index in [9.17, 15) is 4.79 Å². The fraction of sp³-hybridized carbons (Fsp3) is 0.500. The van der Waals surface area contributed by atoms with Crippen LogP contribution in [0.4, 0.5) is 0 Å². The van der Waals surface area contributed by atoms with Gasteiger partial charge in [-0.15, -0.1) is 0 Å². The normalized spacial score (nSPS) is 10.9. The first-order valence-corrected chi connectivity index (χ1v) is 7.47. The van der Waals surface area contributed by atoms with Crippen molar-refractivity contribution in [2.24, 2.45) is 0 Å². The molecule has 0 unspecified atom stereocenters. The molecule has 0 bridgehead atoms. The third kappa shape index (κ3) is 3.83. The Bertz CT molecular complexity index is 574. The molecule has 2 rings (SSSR count). The van der Waals surface area contributed by atoms with Gasteiger partial charge in [0.25, 0.3) is 0 Å². The lowest BCUT2D eigenvalue weighted by molar-refractivity contribution is -0.120. The maximum atomic E-state index is 11.8. The number of nitrogens with zero attached hydrogens (tertiary/aromatic N) is 1. The van der Waals surface area contributed by atoms with Crippen LogP contribution in [-0.4, -0.2) is 22.4 Å². The van der Waals surface area contributed by atoms with Crippen molar-refractivity contribution in [2.45, 2.75) is 46.0 Å². The van der Waals surface area contributed by atoms with E-state index in [0.29, 0.717) is 6.42 Å². The lowest BCUT2D eigenvalue weighted by atomic mass is 10.1. The maximum Gasteiger partial charge on any atom is 0.224 e. The number of amides is 1. The topological polar surface area (TPSA) is 57.8 Å². The number of fused-ring (bicyclic) bond motifs is 1. The number of hydrogen-bond acceptors (Lipinski definition) is 2. The minimum atomic E-state index is 0.0932. The molecule has 0 saturated carbocycles. The number of aromatic nitrogens is 2. The van der Waals surface area contributed by atoms with E-state index in [-0.39, 0.29) is 5.91 Å². The van der Waals surface area contributed by atoms with Crippen LogP contribution < -0.4 is 5.32 Å². The lowest BCUT2D eigenvalue weighted by Crippen LogP contribution is -2.26. The molecule has 4 nitrogen and oxygen atoms in total. The zero-order valence-electron chi connectivity index (χ0n) is 12.3. The Morgan fingerprint density at radius 1 is 1.30 bits per heavy atom. The highest BCUT2D eigenvalue weighted by atomic mass is 16.1. The largest absolute Gasteiger partial charge is 0.356 e. The fourth-order valence-corrected chi connectivity index (χ4v) is 2.24. The van der Waals surface area contributed by atoms with Gasteiger partial charge < -0.3 is 10.3 Å². The smallest absolute Gasteiger partial charge is 0.224 e. The molecule has 0 aliphatic carbocycles. The van der Waals surface area contributed by atoms with Crippen molar-refractivity contribution in [3.8, 4) is 0 Å². The average molecular weight is 273 g/mol. The van der Waals surface area contributed by atoms with E-state index < -0.39 is 0 Å². The van der Waals surface area contributed by atoms with Crippen LogP contribution >= 0.6 is 0 Å². The molecule has 0 atom stereocenters. The van der Waals surface area contributed by atoms with Crippen LogP contribution in [0.3, 0.4) is 0 Å². The number of carbonyl (C=O) groups is 1. The quantitative estimate of drug-likeness (QED) is 0.762. The number of aromatic amines is 1. The highest BCUT2D eigenvalue weighted by molar-refractivity contribution is 5.81. The van der Waals surface area contributed by atoms with Crippen LogP contribution in [-0.2, 0) is 17.6 Å². The molecule has 1 amide bonds. The molecular formula is C16H23N3O. The van der Waals surface area contributed by atoms with Gasteiger partial charge in [0.05, 0.1) is 17.5 Å². The molecule has 1 aromatic heterocycles. The van der Waals surface area contributed by atoms with E-state index in [2.05, 4.69) is 29.1 Å². The molecule has 2 N–H and O–H groups in total. The van der Waals surface area contributed by atoms with Crippen molar-refractivity contribution in [3.63, 3.8) is 0 Å². The fourth-order valence-electron chi connectivity index (χ4n) is 2.24. The number of nitrogens with one attached hydrogen (secondary N) is 2. The number of hydrogen-bond donors (Lipinski definition) is 2. The predicted octanol–water partition coefficient (Wildman–Crippen LogP) is 2.97. The number of imidazole rings is 1. The SMILES string of the molecule is CCCCCNC(=O)Cc1ccc2nc(CC)[nH]c2c1. The van der Waals surface area contributed by atoms with Gasteiger partial charge in [-0.3, -0.25) is 4.79 Å². The summed E-state index contributed by atoms with van der Waals surface area (Å²) in [6, 6.07) is 5.98. The minimum Gasteiger partial charge on any atom is -0.356 e. The molecule has 0 aliphatic rings. The first kappa shape index (κ1) is 14.6. The third-order valence-electron chi connectivity index (χ3n) is 3.40. The number of H-pyrrole nitrogens is 1. The zero-order chi connectivity index (χ0) is 14.4. The zero-order valence-corrected chi connectivity index (χ0v) is 12.3. The van der Waals surface area contributed by atoms with Crippen molar-refractivity contribution in [2.75, 3.05) is 6.54 Å². The Morgan fingerprint density at radius 2 is 2.15 bits per heavy atom.